The molecule has 0 spiro atoms. The third-order valence-electron chi connectivity index (χ3n) is 2.68. The number of aliphatic carboxylic acids is 1. The Labute approximate surface area is 108 Å². The summed E-state index contributed by atoms with van der Waals surface area (Å²) in [5.41, 5.74) is 0. The number of carboxylic acids is 1. The van der Waals surface area contributed by atoms with Crippen LogP contribution in [0, 0.1) is 0 Å². The number of halogens is 1. The first-order valence-corrected chi connectivity index (χ1v) is 7.65. The van der Waals surface area contributed by atoms with E-state index in [1.807, 2.05) is 6.92 Å². The highest BCUT2D eigenvalue weighted by Gasteiger charge is 2.16. The van der Waals surface area contributed by atoms with Crippen LogP contribution in [0.15, 0.2) is 0 Å². The number of unbranched alkanes of at least 4 members (excludes halogenated alkanes) is 1. The molecule has 17 heavy (non-hydrogen) atoms. The maximum absolute atomic E-state index is 13.2. The van der Waals surface area contributed by atoms with E-state index in [1.54, 1.807) is 0 Å². The van der Waals surface area contributed by atoms with Gasteiger partial charge in [-0.15, -0.1) is 11.8 Å². The largest absolute Gasteiger partial charge is 0.480 e. The standard InChI is InChI=1S/C13H25FO2S/c1-3-5-9-12(13(15)16)17-10-6-8-11(14)7-4-2/h11-12H,3-10H2,1-2H3,(H,15,16). The molecule has 0 radical (unpaired) electrons. The number of rotatable bonds is 11. The number of carbonyl (C=O) groups is 1. The van der Waals surface area contributed by atoms with Crippen molar-refractivity contribution in [2.75, 3.05) is 5.75 Å². The molecule has 0 aliphatic rings. The lowest BCUT2D eigenvalue weighted by atomic mass is 10.1. The molecule has 0 aromatic heterocycles. The molecule has 0 aromatic rings. The van der Waals surface area contributed by atoms with Gasteiger partial charge in [0.2, 0.25) is 0 Å². The topological polar surface area (TPSA) is 37.3 Å². The molecule has 102 valence electrons. The maximum atomic E-state index is 13.2. The smallest absolute Gasteiger partial charge is 0.316 e. The predicted octanol–water partition coefficient (Wildman–Crippen LogP) is 4.28. The van der Waals surface area contributed by atoms with Gasteiger partial charge < -0.3 is 5.11 Å². The van der Waals surface area contributed by atoms with Crippen molar-refractivity contribution >= 4 is 17.7 Å². The van der Waals surface area contributed by atoms with Crippen molar-refractivity contribution in [3.63, 3.8) is 0 Å². The van der Waals surface area contributed by atoms with Crippen LogP contribution in [-0.4, -0.2) is 28.3 Å². The van der Waals surface area contributed by atoms with Crippen LogP contribution < -0.4 is 0 Å². The van der Waals surface area contributed by atoms with E-state index in [2.05, 4.69) is 6.92 Å². The molecule has 0 saturated heterocycles. The van der Waals surface area contributed by atoms with Gasteiger partial charge in [-0.1, -0.05) is 33.1 Å². The van der Waals surface area contributed by atoms with Gasteiger partial charge in [0.1, 0.15) is 11.4 Å². The summed E-state index contributed by atoms with van der Waals surface area (Å²) in [6.07, 6.45) is 4.84. The van der Waals surface area contributed by atoms with Gasteiger partial charge in [0.15, 0.2) is 0 Å². The summed E-state index contributed by atoms with van der Waals surface area (Å²) in [5, 5.41) is 8.69. The van der Waals surface area contributed by atoms with Crippen molar-refractivity contribution in [1.29, 1.82) is 0 Å². The molecule has 0 fully saturated rings. The van der Waals surface area contributed by atoms with E-state index in [0.717, 1.165) is 37.9 Å². The summed E-state index contributed by atoms with van der Waals surface area (Å²) in [7, 11) is 0. The summed E-state index contributed by atoms with van der Waals surface area (Å²) < 4.78 is 13.2. The summed E-state index contributed by atoms with van der Waals surface area (Å²) in [4.78, 5) is 10.9. The van der Waals surface area contributed by atoms with Gasteiger partial charge in [-0.3, -0.25) is 4.79 Å². The van der Waals surface area contributed by atoms with Crippen LogP contribution in [0.5, 0.6) is 0 Å². The fourth-order valence-electron chi connectivity index (χ4n) is 1.66. The fraction of sp³-hybridized carbons (Fsp3) is 0.923. The highest BCUT2D eigenvalue weighted by molar-refractivity contribution is 8.00. The summed E-state index contributed by atoms with van der Waals surface area (Å²) in [5.74, 6) is 0.0268. The van der Waals surface area contributed by atoms with Gasteiger partial charge in [0, 0.05) is 0 Å². The van der Waals surface area contributed by atoms with Gasteiger partial charge in [-0.25, -0.2) is 4.39 Å². The normalized spacial score (nSPS) is 14.5. The van der Waals surface area contributed by atoms with Crippen LogP contribution in [0.3, 0.4) is 0 Å². The monoisotopic (exact) mass is 264 g/mol. The Bertz CT molecular complexity index is 200. The lowest BCUT2D eigenvalue weighted by molar-refractivity contribution is -0.136. The highest BCUT2D eigenvalue weighted by Crippen LogP contribution is 2.20. The molecule has 0 rings (SSSR count). The van der Waals surface area contributed by atoms with Crippen LogP contribution in [0.2, 0.25) is 0 Å². The summed E-state index contributed by atoms with van der Waals surface area (Å²) >= 11 is 1.46. The van der Waals surface area contributed by atoms with E-state index >= 15 is 0 Å². The summed E-state index contributed by atoms with van der Waals surface area (Å²) in [6.45, 7) is 4.04. The summed E-state index contributed by atoms with van der Waals surface area (Å²) in [6, 6.07) is 0. The zero-order valence-electron chi connectivity index (χ0n) is 11.0. The number of alkyl halides is 1. The molecule has 0 heterocycles. The molecule has 0 aliphatic heterocycles. The zero-order valence-corrected chi connectivity index (χ0v) is 11.8. The number of carboxylic acid groups (broad SMARTS) is 1. The number of hydrogen-bond acceptors (Lipinski definition) is 2. The number of hydrogen-bond donors (Lipinski definition) is 1. The molecule has 2 atom stereocenters. The molecule has 0 bridgehead atoms. The van der Waals surface area contributed by atoms with Crippen molar-refractivity contribution in [2.45, 2.75) is 70.2 Å². The predicted molar refractivity (Wildman–Crippen MR) is 72.4 cm³/mol. The van der Waals surface area contributed by atoms with E-state index < -0.39 is 12.1 Å². The Hall–Kier alpha value is -0.250. The Morgan fingerprint density at radius 1 is 1.18 bits per heavy atom. The van der Waals surface area contributed by atoms with Crippen molar-refractivity contribution < 1.29 is 14.3 Å². The van der Waals surface area contributed by atoms with E-state index in [9.17, 15) is 9.18 Å². The molecular formula is C13H25FO2S. The van der Waals surface area contributed by atoms with E-state index in [4.69, 9.17) is 5.11 Å². The van der Waals surface area contributed by atoms with Crippen LogP contribution >= 0.6 is 11.8 Å². The minimum absolute atomic E-state index is 0.306. The third-order valence-corrected chi connectivity index (χ3v) is 4.04. The Kier molecular flexibility index (Phi) is 10.7. The average Bonchev–Trinajstić information content (AvgIpc) is 2.28. The van der Waals surface area contributed by atoms with Crippen LogP contribution in [0.4, 0.5) is 4.39 Å². The fourth-order valence-corrected chi connectivity index (χ4v) is 2.75. The van der Waals surface area contributed by atoms with Crippen molar-refractivity contribution in [2.24, 2.45) is 0 Å². The molecule has 0 saturated carbocycles. The second kappa shape index (κ2) is 10.9. The van der Waals surface area contributed by atoms with E-state index in [0.29, 0.717) is 12.8 Å². The highest BCUT2D eigenvalue weighted by atomic mass is 32.2. The Morgan fingerprint density at radius 2 is 1.88 bits per heavy atom. The van der Waals surface area contributed by atoms with Crippen molar-refractivity contribution in [3.05, 3.63) is 0 Å². The molecule has 0 aliphatic carbocycles. The first-order valence-electron chi connectivity index (χ1n) is 6.60. The molecular weight excluding hydrogens is 239 g/mol. The van der Waals surface area contributed by atoms with Crippen LogP contribution in [0.25, 0.3) is 0 Å². The first-order chi connectivity index (χ1) is 8.11. The van der Waals surface area contributed by atoms with Gasteiger partial charge in [-0.2, -0.15) is 0 Å². The molecule has 2 nitrogen and oxygen atoms in total. The molecule has 0 amide bonds. The quantitative estimate of drug-likeness (QED) is 0.566. The van der Waals surface area contributed by atoms with E-state index in [1.165, 1.54) is 11.8 Å². The lowest BCUT2D eigenvalue weighted by Crippen LogP contribution is -2.17. The third kappa shape index (κ3) is 9.45. The molecule has 4 heteroatoms. The number of thioether (sulfide) groups is 1. The average molecular weight is 264 g/mol. The Morgan fingerprint density at radius 3 is 2.41 bits per heavy atom. The van der Waals surface area contributed by atoms with Gasteiger partial charge in [0.25, 0.3) is 0 Å². The Balaban J connectivity index is 3.64. The minimum atomic E-state index is -0.728. The SMILES string of the molecule is CCCCC(SCCCC(F)CCC)C(=O)O. The van der Waals surface area contributed by atoms with Gasteiger partial charge in [-0.05, 0) is 31.4 Å². The first kappa shape index (κ1) is 16.8. The van der Waals surface area contributed by atoms with E-state index in [-0.39, 0.29) is 5.25 Å². The second-order valence-electron chi connectivity index (χ2n) is 4.37. The maximum Gasteiger partial charge on any atom is 0.316 e. The second-order valence-corrected chi connectivity index (χ2v) is 5.68. The molecule has 1 N–H and O–H groups in total. The van der Waals surface area contributed by atoms with Crippen LogP contribution in [-0.2, 0) is 4.79 Å². The minimum Gasteiger partial charge on any atom is -0.480 e. The van der Waals surface area contributed by atoms with Crippen molar-refractivity contribution in [3.8, 4) is 0 Å². The van der Waals surface area contributed by atoms with Crippen LogP contribution in [0.1, 0.15) is 58.8 Å². The molecule has 0 aromatic carbocycles. The van der Waals surface area contributed by atoms with Gasteiger partial charge >= 0.3 is 5.97 Å². The van der Waals surface area contributed by atoms with Crippen molar-refractivity contribution in [1.82, 2.24) is 0 Å². The lowest BCUT2D eigenvalue weighted by Gasteiger charge is -2.12. The van der Waals surface area contributed by atoms with Gasteiger partial charge in [0.05, 0.1) is 0 Å². The zero-order chi connectivity index (χ0) is 13.1. The molecule has 2 unspecified atom stereocenters.